The number of rotatable bonds is 6. The molecule has 0 aromatic heterocycles. The number of halogens is 1. The summed E-state index contributed by atoms with van der Waals surface area (Å²) in [7, 11) is 1.67. The zero-order valence-electron chi connectivity index (χ0n) is 12.9. The van der Waals surface area contributed by atoms with Crippen molar-refractivity contribution in [2.24, 2.45) is 0 Å². The van der Waals surface area contributed by atoms with Crippen molar-refractivity contribution in [2.45, 2.75) is 19.8 Å². The van der Waals surface area contributed by atoms with Crippen LogP contribution >= 0.6 is 11.6 Å². The number of hydrogen-bond donors (Lipinski definition) is 1. The number of carbonyl (C=O) groups is 1. The molecule has 4 heteroatoms. The molecular weight excluding hydrogens is 298 g/mol. The van der Waals surface area contributed by atoms with E-state index in [4.69, 9.17) is 16.3 Å². The van der Waals surface area contributed by atoms with Gasteiger partial charge in [0.2, 0.25) is 0 Å². The van der Waals surface area contributed by atoms with E-state index in [2.05, 4.69) is 5.32 Å². The first kappa shape index (κ1) is 16.4. The van der Waals surface area contributed by atoms with E-state index >= 15 is 0 Å². The van der Waals surface area contributed by atoms with Crippen LogP contribution in [0.4, 0.5) is 0 Å². The van der Waals surface area contributed by atoms with Gasteiger partial charge in [0.1, 0.15) is 5.75 Å². The number of amides is 1. The number of aryl methyl sites for hydroxylation is 2. The summed E-state index contributed by atoms with van der Waals surface area (Å²) in [6.45, 7) is 2.54. The second-order valence-corrected chi connectivity index (χ2v) is 5.56. The zero-order valence-corrected chi connectivity index (χ0v) is 13.6. The summed E-state index contributed by atoms with van der Waals surface area (Å²) in [6, 6.07) is 13.4. The molecule has 2 aromatic rings. The van der Waals surface area contributed by atoms with Crippen molar-refractivity contribution < 1.29 is 9.53 Å². The molecule has 3 nitrogen and oxygen atoms in total. The maximum Gasteiger partial charge on any atom is 0.252 e. The van der Waals surface area contributed by atoms with Crippen molar-refractivity contribution in [2.75, 3.05) is 13.7 Å². The number of hydrogen-bond acceptors (Lipinski definition) is 2. The van der Waals surface area contributed by atoms with E-state index in [0.717, 1.165) is 29.7 Å². The minimum Gasteiger partial charge on any atom is -0.496 e. The average molecular weight is 318 g/mol. The van der Waals surface area contributed by atoms with Crippen LogP contribution in [-0.4, -0.2) is 19.6 Å². The second-order valence-electron chi connectivity index (χ2n) is 5.15. The molecular formula is C18H20ClNO2. The van der Waals surface area contributed by atoms with Crippen molar-refractivity contribution in [3.63, 3.8) is 0 Å². The van der Waals surface area contributed by atoms with Gasteiger partial charge in [-0.1, -0.05) is 35.9 Å². The van der Waals surface area contributed by atoms with Crippen molar-refractivity contribution >= 4 is 17.5 Å². The van der Waals surface area contributed by atoms with Gasteiger partial charge in [-0.05, 0) is 49.1 Å². The molecule has 0 saturated carbocycles. The fourth-order valence-electron chi connectivity index (χ4n) is 2.29. The topological polar surface area (TPSA) is 38.3 Å². The Bertz CT molecular complexity index is 655. The molecule has 0 unspecified atom stereocenters. The molecule has 2 rings (SSSR count). The van der Waals surface area contributed by atoms with E-state index in [1.54, 1.807) is 19.2 Å². The van der Waals surface area contributed by atoms with Crippen LogP contribution in [0.25, 0.3) is 0 Å². The molecule has 0 fully saturated rings. The van der Waals surface area contributed by atoms with Crippen LogP contribution in [-0.2, 0) is 6.42 Å². The lowest BCUT2D eigenvalue weighted by atomic mass is 10.1. The van der Waals surface area contributed by atoms with Gasteiger partial charge in [-0.2, -0.15) is 0 Å². The van der Waals surface area contributed by atoms with Crippen LogP contribution in [0.1, 0.15) is 27.9 Å². The predicted octanol–water partition coefficient (Wildman–Crippen LogP) is 4.02. The number of methoxy groups -OCH3 is 1. The van der Waals surface area contributed by atoms with Crippen molar-refractivity contribution in [1.29, 1.82) is 0 Å². The molecule has 0 spiro atoms. The van der Waals surface area contributed by atoms with Gasteiger partial charge in [-0.25, -0.2) is 0 Å². The molecule has 0 aliphatic heterocycles. The lowest BCUT2D eigenvalue weighted by molar-refractivity contribution is 0.0953. The Hall–Kier alpha value is -2.00. The van der Waals surface area contributed by atoms with E-state index < -0.39 is 0 Å². The largest absolute Gasteiger partial charge is 0.496 e. The summed E-state index contributed by atoms with van der Waals surface area (Å²) in [6.07, 6.45) is 1.70. The van der Waals surface area contributed by atoms with Crippen LogP contribution in [0.5, 0.6) is 5.75 Å². The lowest BCUT2D eigenvalue weighted by Crippen LogP contribution is -2.25. The first-order valence-corrected chi connectivity index (χ1v) is 7.66. The first-order valence-electron chi connectivity index (χ1n) is 7.28. The van der Waals surface area contributed by atoms with Crippen LogP contribution < -0.4 is 10.1 Å². The molecule has 0 atom stereocenters. The molecule has 0 bridgehead atoms. The SMILES string of the molecule is COc1ccccc1CCCNC(=O)c1ccc(C)cc1Cl. The minimum absolute atomic E-state index is 0.134. The van der Waals surface area contributed by atoms with Gasteiger partial charge < -0.3 is 10.1 Å². The third-order valence-electron chi connectivity index (χ3n) is 3.47. The van der Waals surface area contributed by atoms with Crippen LogP contribution in [0, 0.1) is 6.92 Å². The Morgan fingerprint density at radius 3 is 2.73 bits per heavy atom. The average Bonchev–Trinajstić information content (AvgIpc) is 2.51. The van der Waals surface area contributed by atoms with Crippen LogP contribution in [0.15, 0.2) is 42.5 Å². The quantitative estimate of drug-likeness (QED) is 0.817. The van der Waals surface area contributed by atoms with Gasteiger partial charge >= 0.3 is 0 Å². The fraction of sp³-hybridized carbons (Fsp3) is 0.278. The van der Waals surface area contributed by atoms with Crippen molar-refractivity contribution in [1.82, 2.24) is 5.32 Å². The van der Waals surface area contributed by atoms with E-state index in [1.165, 1.54) is 0 Å². The first-order chi connectivity index (χ1) is 10.6. The highest BCUT2D eigenvalue weighted by Crippen LogP contribution is 2.19. The predicted molar refractivity (Wildman–Crippen MR) is 89.8 cm³/mol. The monoisotopic (exact) mass is 317 g/mol. The Kier molecular flexibility index (Phi) is 5.84. The normalized spacial score (nSPS) is 10.3. The number of ether oxygens (including phenoxy) is 1. The number of carbonyl (C=O) groups excluding carboxylic acids is 1. The summed E-state index contributed by atoms with van der Waals surface area (Å²) in [5.41, 5.74) is 2.70. The Morgan fingerprint density at radius 1 is 1.23 bits per heavy atom. The molecule has 0 saturated heterocycles. The smallest absolute Gasteiger partial charge is 0.252 e. The van der Waals surface area contributed by atoms with Gasteiger partial charge in [-0.3, -0.25) is 4.79 Å². The minimum atomic E-state index is -0.134. The van der Waals surface area contributed by atoms with Crippen molar-refractivity contribution in [3.05, 3.63) is 64.2 Å². The molecule has 116 valence electrons. The second kappa shape index (κ2) is 7.85. The summed E-state index contributed by atoms with van der Waals surface area (Å²) < 4.78 is 5.31. The van der Waals surface area contributed by atoms with Crippen LogP contribution in [0.3, 0.4) is 0 Å². The van der Waals surface area contributed by atoms with Gasteiger partial charge in [0.05, 0.1) is 17.7 Å². The molecule has 1 N–H and O–H groups in total. The molecule has 0 heterocycles. The Balaban J connectivity index is 1.85. The zero-order chi connectivity index (χ0) is 15.9. The summed E-state index contributed by atoms with van der Waals surface area (Å²) >= 11 is 6.10. The number of benzene rings is 2. The van der Waals surface area contributed by atoms with E-state index in [9.17, 15) is 4.79 Å². The standard InChI is InChI=1S/C18H20ClNO2/c1-13-9-10-15(16(19)12-13)18(21)20-11-5-7-14-6-3-4-8-17(14)22-2/h3-4,6,8-10,12H,5,7,11H2,1-2H3,(H,20,21). The summed E-state index contributed by atoms with van der Waals surface area (Å²) in [5.74, 6) is 0.750. The third-order valence-corrected chi connectivity index (χ3v) is 3.78. The van der Waals surface area contributed by atoms with E-state index in [0.29, 0.717) is 17.1 Å². The molecule has 0 aliphatic carbocycles. The van der Waals surface area contributed by atoms with Gasteiger partial charge in [-0.15, -0.1) is 0 Å². The molecule has 0 aliphatic rings. The van der Waals surface area contributed by atoms with Crippen molar-refractivity contribution in [3.8, 4) is 5.75 Å². The van der Waals surface area contributed by atoms with Gasteiger partial charge in [0.15, 0.2) is 0 Å². The summed E-state index contributed by atoms with van der Waals surface area (Å²) in [4.78, 5) is 12.1. The Labute approximate surface area is 136 Å². The fourth-order valence-corrected chi connectivity index (χ4v) is 2.61. The molecule has 22 heavy (non-hydrogen) atoms. The Morgan fingerprint density at radius 2 is 2.00 bits per heavy atom. The maximum absolute atomic E-state index is 12.1. The maximum atomic E-state index is 12.1. The van der Waals surface area contributed by atoms with Gasteiger partial charge in [0, 0.05) is 6.54 Å². The molecule has 0 radical (unpaired) electrons. The van der Waals surface area contributed by atoms with E-state index in [1.807, 2.05) is 37.3 Å². The highest BCUT2D eigenvalue weighted by Gasteiger charge is 2.09. The number of para-hydroxylation sites is 1. The highest BCUT2D eigenvalue weighted by atomic mass is 35.5. The molecule has 2 aromatic carbocycles. The van der Waals surface area contributed by atoms with Gasteiger partial charge in [0.25, 0.3) is 5.91 Å². The lowest BCUT2D eigenvalue weighted by Gasteiger charge is -2.09. The third kappa shape index (κ3) is 4.25. The molecule has 1 amide bonds. The van der Waals surface area contributed by atoms with Crippen LogP contribution in [0.2, 0.25) is 5.02 Å². The highest BCUT2D eigenvalue weighted by molar-refractivity contribution is 6.33. The number of nitrogens with one attached hydrogen (secondary N) is 1. The van der Waals surface area contributed by atoms with E-state index in [-0.39, 0.29) is 5.91 Å². The summed E-state index contributed by atoms with van der Waals surface area (Å²) in [5, 5.41) is 3.39.